The van der Waals surface area contributed by atoms with Crippen LogP contribution in [0.2, 0.25) is 0 Å². The lowest BCUT2D eigenvalue weighted by molar-refractivity contribution is -0.119. The molecule has 1 aromatic heterocycles. The van der Waals surface area contributed by atoms with Crippen LogP contribution in [0.3, 0.4) is 0 Å². The van der Waals surface area contributed by atoms with Gasteiger partial charge in [0.15, 0.2) is 0 Å². The van der Waals surface area contributed by atoms with Crippen LogP contribution in [0.1, 0.15) is 5.56 Å². The second-order valence-electron chi connectivity index (χ2n) is 6.72. The van der Waals surface area contributed by atoms with Gasteiger partial charge in [-0.15, -0.1) is 0 Å². The fourth-order valence-electron chi connectivity index (χ4n) is 3.45. The first-order valence-corrected chi connectivity index (χ1v) is 9.47. The van der Waals surface area contributed by atoms with E-state index >= 15 is 0 Å². The van der Waals surface area contributed by atoms with Crippen LogP contribution in [-0.4, -0.2) is 23.2 Å². The smallest absolute Gasteiger partial charge is 0.259 e. The van der Waals surface area contributed by atoms with Crippen molar-refractivity contribution in [2.45, 2.75) is 0 Å². The third kappa shape index (κ3) is 4.04. The maximum absolute atomic E-state index is 12.1. The van der Waals surface area contributed by atoms with Crippen molar-refractivity contribution in [2.24, 2.45) is 12.1 Å². The van der Waals surface area contributed by atoms with Crippen LogP contribution >= 0.6 is 0 Å². The monoisotopic (exact) mass is 382 g/mol. The Kier molecular flexibility index (Phi) is 5.38. The van der Waals surface area contributed by atoms with E-state index in [2.05, 4.69) is 44.7 Å². The molecule has 4 aromatic rings. The van der Waals surface area contributed by atoms with E-state index in [-0.39, 0.29) is 12.5 Å². The molecule has 0 aliphatic heterocycles. The summed E-state index contributed by atoms with van der Waals surface area (Å²) in [6.45, 7) is 0.155. The molecular weight excluding hydrogens is 360 g/mol. The van der Waals surface area contributed by atoms with Crippen LogP contribution in [0.15, 0.2) is 90.0 Å². The van der Waals surface area contributed by atoms with E-state index in [1.807, 2.05) is 67.7 Å². The zero-order valence-electron chi connectivity index (χ0n) is 16.2. The number of aryl methyl sites for hydroxylation is 1. The number of nitrogens with one attached hydrogen (secondary N) is 2. The summed E-state index contributed by atoms with van der Waals surface area (Å²) in [6.07, 6.45) is 1.73. The molecule has 0 radical (unpaired) electrons. The Hall–Kier alpha value is -3.86. The number of fused-ring (bicyclic) bond motifs is 1. The van der Waals surface area contributed by atoms with Crippen LogP contribution in [0.25, 0.3) is 22.2 Å². The molecule has 3 aromatic carbocycles. The van der Waals surface area contributed by atoms with Crippen LogP contribution in [0, 0.1) is 0 Å². The minimum Gasteiger partial charge on any atom is -0.376 e. The number of benzene rings is 3. The quantitative estimate of drug-likeness (QED) is 0.383. The Bertz CT molecular complexity index is 1150. The van der Waals surface area contributed by atoms with Gasteiger partial charge in [0, 0.05) is 29.2 Å². The second kappa shape index (κ2) is 8.44. The van der Waals surface area contributed by atoms with E-state index in [4.69, 9.17) is 0 Å². The highest BCUT2D eigenvalue weighted by Gasteiger charge is 2.14. The first-order chi connectivity index (χ1) is 14.2. The molecule has 2 N–H and O–H groups in total. The molecule has 144 valence electrons. The minimum atomic E-state index is -0.202. The SMILES string of the molecule is Cn1c(-c2ccccc2)c(/C=N\NC(=O)CNc2ccccc2)c2ccccc21. The van der Waals surface area contributed by atoms with Gasteiger partial charge in [-0.05, 0) is 23.8 Å². The first kappa shape index (κ1) is 18.5. The zero-order chi connectivity index (χ0) is 20.1. The molecule has 29 heavy (non-hydrogen) atoms. The highest BCUT2D eigenvalue weighted by atomic mass is 16.2. The highest BCUT2D eigenvalue weighted by molar-refractivity contribution is 6.06. The Labute approximate surface area is 169 Å². The summed E-state index contributed by atoms with van der Waals surface area (Å²) < 4.78 is 2.16. The summed E-state index contributed by atoms with van der Waals surface area (Å²) in [4.78, 5) is 12.1. The van der Waals surface area contributed by atoms with Gasteiger partial charge in [0.25, 0.3) is 5.91 Å². The van der Waals surface area contributed by atoms with Crippen molar-refractivity contribution in [3.63, 3.8) is 0 Å². The maximum atomic E-state index is 12.1. The summed E-state index contributed by atoms with van der Waals surface area (Å²) in [5.41, 5.74) is 7.77. The average molecular weight is 382 g/mol. The lowest BCUT2D eigenvalue weighted by atomic mass is 10.1. The predicted octanol–water partition coefficient (Wildman–Crippen LogP) is 4.41. The van der Waals surface area contributed by atoms with Gasteiger partial charge >= 0.3 is 0 Å². The van der Waals surface area contributed by atoms with Gasteiger partial charge in [-0.2, -0.15) is 5.10 Å². The van der Waals surface area contributed by atoms with E-state index in [1.54, 1.807) is 6.21 Å². The van der Waals surface area contributed by atoms with Gasteiger partial charge in [-0.1, -0.05) is 66.7 Å². The Morgan fingerprint density at radius 3 is 2.34 bits per heavy atom. The topological polar surface area (TPSA) is 58.4 Å². The summed E-state index contributed by atoms with van der Waals surface area (Å²) in [7, 11) is 2.05. The van der Waals surface area contributed by atoms with Crippen molar-refractivity contribution < 1.29 is 4.79 Å². The summed E-state index contributed by atoms with van der Waals surface area (Å²) in [5.74, 6) is -0.202. The molecule has 5 heteroatoms. The fraction of sp³-hybridized carbons (Fsp3) is 0.0833. The molecule has 0 aliphatic rings. The van der Waals surface area contributed by atoms with Crippen LogP contribution in [0.5, 0.6) is 0 Å². The molecule has 0 atom stereocenters. The molecule has 0 spiro atoms. The third-order valence-corrected chi connectivity index (χ3v) is 4.80. The molecule has 0 bridgehead atoms. The lowest BCUT2D eigenvalue weighted by Crippen LogP contribution is -2.25. The zero-order valence-corrected chi connectivity index (χ0v) is 16.2. The molecule has 0 saturated heterocycles. The number of hydrogen-bond acceptors (Lipinski definition) is 3. The van der Waals surface area contributed by atoms with Crippen molar-refractivity contribution in [2.75, 3.05) is 11.9 Å². The van der Waals surface area contributed by atoms with E-state index < -0.39 is 0 Å². The van der Waals surface area contributed by atoms with Crippen molar-refractivity contribution in [3.05, 3.63) is 90.5 Å². The van der Waals surface area contributed by atoms with Gasteiger partial charge in [-0.25, -0.2) is 5.43 Å². The largest absolute Gasteiger partial charge is 0.376 e. The molecule has 1 heterocycles. The molecule has 0 unspecified atom stereocenters. The third-order valence-electron chi connectivity index (χ3n) is 4.80. The first-order valence-electron chi connectivity index (χ1n) is 9.47. The molecular formula is C24H22N4O. The molecule has 0 fully saturated rings. The number of hydrazone groups is 1. The number of para-hydroxylation sites is 2. The second-order valence-corrected chi connectivity index (χ2v) is 6.72. The number of rotatable bonds is 6. The standard InChI is InChI=1S/C24H22N4O/c1-28-22-15-9-8-14-20(22)21(24(28)18-10-4-2-5-11-18)16-26-27-23(29)17-25-19-12-6-3-7-13-19/h2-16,25H,17H2,1H3,(H,27,29)/b26-16-. The van der Waals surface area contributed by atoms with Gasteiger partial charge in [0.1, 0.15) is 0 Å². The van der Waals surface area contributed by atoms with E-state index in [0.29, 0.717) is 0 Å². The Balaban J connectivity index is 1.56. The Morgan fingerprint density at radius 1 is 0.931 bits per heavy atom. The van der Waals surface area contributed by atoms with Crippen molar-refractivity contribution in [1.29, 1.82) is 0 Å². The number of carbonyl (C=O) groups is 1. The molecule has 0 aliphatic carbocycles. The number of hydrogen-bond donors (Lipinski definition) is 2. The van der Waals surface area contributed by atoms with E-state index in [1.165, 1.54) is 0 Å². The number of amides is 1. The molecule has 1 amide bonds. The highest BCUT2D eigenvalue weighted by Crippen LogP contribution is 2.31. The van der Waals surface area contributed by atoms with Crippen LogP contribution in [-0.2, 0) is 11.8 Å². The van der Waals surface area contributed by atoms with E-state index in [9.17, 15) is 4.79 Å². The summed E-state index contributed by atoms with van der Waals surface area (Å²) in [5, 5.41) is 8.39. The number of nitrogens with zero attached hydrogens (tertiary/aromatic N) is 2. The van der Waals surface area contributed by atoms with Crippen molar-refractivity contribution in [1.82, 2.24) is 9.99 Å². The van der Waals surface area contributed by atoms with E-state index in [0.717, 1.165) is 33.4 Å². The van der Waals surface area contributed by atoms with Gasteiger partial charge in [-0.3, -0.25) is 4.79 Å². The van der Waals surface area contributed by atoms with Crippen molar-refractivity contribution in [3.8, 4) is 11.3 Å². The van der Waals surface area contributed by atoms with Gasteiger partial charge in [0.2, 0.25) is 0 Å². The molecule has 0 saturated carbocycles. The van der Waals surface area contributed by atoms with Crippen LogP contribution < -0.4 is 10.7 Å². The van der Waals surface area contributed by atoms with Gasteiger partial charge < -0.3 is 9.88 Å². The number of anilines is 1. The fourth-order valence-corrected chi connectivity index (χ4v) is 3.45. The number of aromatic nitrogens is 1. The summed E-state index contributed by atoms with van der Waals surface area (Å²) in [6, 6.07) is 28.0. The number of carbonyl (C=O) groups excluding carboxylic acids is 1. The van der Waals surface area contributed by atoms with Crippen molar-refractivity contribution >= 4 is 28.7 Å². The normalized spacial score (nSPS) is 11.1. The molecule has 5 nitrogen and oxygen atoms in total. The average Bonchev–Trinajstić information content (AvgIpc) is 3.06. The minimum absolute atomic E-state index is 0.155. The predicted molar refractivity (Wildman–Crippen MR) is 119 cm³/mol. The molecule has 4 rings (SSSR count). The Morgan fingerprint density at radius 2 is 1.59 bits per heavy atom. The lowest BCUT2D eigenvalue weighted by Gasteiger charge is -2.06. The maximum Gasteiger partial charge on any atom is 0.259 e. The van der Waals surface area contributed by atoms with Crippen LogP contribution in [0.4, 0.5) is 5.69 Å². The summed E-state index contributed by atoms with van der Waals surface area (Å²) >= 11 is 0. The van der Waals surface area contributed by atoms with Gasteiger partial charge in [0.05, 0.1) is 18.5 Å².